The Balaban J connectivity index is 1.58. The maximum atomic E-state index is 14.0. The lowest BCUT2D eigenvalue weighted by Gasteiger charge is -2.28. The van der Waals surface area contributed by atoms with Crippen LogP contribution in [-0.2, 0) is 19.7 Å². The normalized spacial score (nSPS) is 13.1. The van der Waals surface area contributed by atoms with Crippen molar-refractivity contribution in [1.29, 1.82) is 0 Å². The van der Waals surface area contributed by atoms with Crippen molar-refractivity contribution in [2.75, 3.05) is 6.54 Å². The summed E-state index contributed by atoms with van der Waals surface area (Å²) < 4.78 is 21.3. The monoisotopic (exact) mass is 395 g/mol. The minimum absolute atomic E-state index is 0.0146. The van der Waals surface area contributed by atoms with E-state index in [9.17, 15) is 19.2 Å². The number of rotatable bonds is 5. The molecule has 0 saturated carbocycles. The van der Waals surface area contributed by atoms with E-state index in [1.807, 2.05) is 18.2 Å². The Bertz CT molecular complexity index is 1030. The highest BCUT2D eigenvalue weighted by molar-refractivity contribution is 6.59. The lowest BCUT2D eigenvalue weighted by molar-refractivity contribution is 0.0701. The van der Waals surface area contributed by atoms with Crippen LogP contribution in [0.2, 0.25) is 0 Å². The zero-order valence-electron chi connectivity index (χ0n) is 15.5. The summed E-state index contributed by atoms with van der Waals surface area (Å²) in [7, 11) is -1.77. The van der Waals surface area contributed by atoms with E-state index in [1.165, 1.54) is 23.1 Å². The highest BCUT2D eigenvalue weighted by atomic mass is 19.1. The van der Waals surface area contributed by atoms with Gasteiger partial charge in [-0.25, -0.2) is 4.39 Å². The maximum absolute atomic E-state index is 14.0. The van der Waals surface area contributed by atoms with Crippen LogP contribution in [0, 0.1) is 5.82 Å². The molecule has 0 radical (unpaired) electrons. The van der Waals surface area contributed by atoms with Crippen molar-refractivity contribution in [2.24, 2.45) is 0 Å². The summed E-state index contributed by atoms with van der Waals surface area (Å²) in [6.07, 6.45) is 0. The molecule has 9 heteroatoms. The molecular weight excluding hydrogens is 376 g/mol. The summed E-state index contributed by atoms with van der Waals surface area (Å²) in [5, 5.41) is 24.3. The number of carbonyl (C=O) groups is 1. The molecule has 1 amide bonds. The minimum Gasteiger partial charge on any atom is -0.487 e. The quantitative estimate of drug-likeness (QED) is 0.628. The number of hydrogen-bond donors (Lipinski definition) is 2. The molecule has 1 aliphatic heterocycles. The second kappa shape index (κ2) is 8.06. The molecular formula is C20H19BFN3O4. The average molecular weight is 395 g/mol. The van der Waals surface area contributed by atoms with Crippen molar-refractivity contribution < 1.29 is 24.0 Å². The zero-order valence-corrected chi connectivity index (χ0v) is 15.5. The second-order valence-electron chi connectivity index (χ2n) is 6.71. The number of ether oxygens (including phenoxy) is 1. The lowest BCUT2D eigenvalue weighted by Crippen LogP contribution is -2.43. The van der Waals surface area contributed by atoms with Gasteiger partial charge in [0.1, 0.15) is 23.9 Å². The molecule has 2 heterocycles. The van der Waals surface area contributed by atoms with Gasteiger partial charge in [-0.1, -0.05) is 30.3 Å². The molecule has 0 bridgehead atoms. The number of nitrogens with zero attached hydrogens (tertiary/aromatic N) is 3. The van der Waals surface area contributed by atoms with E-state index in [4.69, 9.17) is 4.74 Å². The van der Waals surface area contributed by atoms with Gasteiger partial charge in [0.25, 0.3) is 5.91 Å². The van der Waals surface area contributed by atoms with Crippen molar-refractivity contribution in [1.82, 2.24) is 14.7 Å². The van der Waals surface area contributed by atoms with E-state index >= 15 is 0 Å². The molecule has 4 rings (SSSR count). The molecule has 1 aliphatic rings. The molecule has 148 valence electrons. The average Bonchev–Trinajstić information content (AvgIpc) is 3.10. The smallest absolute Gasteiger partial charge is 0.487 e. The van der Waals surface area contributed by atoms with Crippen LogP contribution in [0.4, 0.5) is 4.39 Å². The molecule has 0 aliphatic carbocycles. The Morgan fingerprint density at radius 1 is 1.10 bits per heavy atom. The first-order valence-corrected chi connectivity index (χ1v) is 9.21. The number of benzene rings is 2. The Morgan fingerprint density at radius 2 is 1.83 bits per heavy atom. The Hall–Kier alpha value is -3.17. The van der Waals surface area contributed by atoms with Crippen molar-refractivity contribution >= 4 is 18.5 Å². The van der Waals surface area contributed by atoms with Crippen LogP contribution in [0.1, 0.15) is 21.7 Å². The van der Waals surface area contributed by atoms with Crippen molar-refractivity contribution in [3.63, 3.8) is 0 Å². The van der Waals surface area contributed by atoms with E-state index in [0.717, 1.165) is 0 Å². The summed E-state index contributed by atoms with van der Waals surface area (Å²) in [5.41, 5.74) is 1.09. The molecule has 0 saturated heterocycles. The van der Waals surface area contributed by atoms with Gasteiger partial charge < -0.3 is 19.7 Å². The van der Waals surface area contributed by atoms with E-state index in [-0.39, 0.29) is 24.2 Å². The predicted molar refractivity (Wildman–Crippen MR) is 104 cm³/mol. The number of para-hydroxylation sites is 1. The number of aromatic nitrogens is 2. The maximum Gasteiger partial charge on any atom is 0.492 e. The van der Waals surface area contributed by atoms with Crippen LogP contribution < -0.4 is 10.2 Å². The summed E-state index contributed by atoms with van der Waals surface area (Å²) >= 11 is 0. The molecule has 2 N–H and O–H groups in total. The van der Waals surface area contributed by atoms with Crippen LogP contribution in [-0.4, -0.2) is 44.3 Å². The summed E-state index contributed by atoms with van der Waals surface area (Å²) in [6.45, 7) is 0.846. The first-order valence-electron chi connectivity index (χ1n) is 9.21. The highest BCUT2D eigenvalue weighted by Gasteiger charge is 2.32. The van der Waals surface area contributed by atoms with Crippen LogP contribution in [0.5, 0.6) is 5.75 Å². The van der Waals surface area contributed by atoms with Crippen LogP contribution >= 0.6 is 0 Å². The van der Waals surface area contributed by atoms with Crippen molar-refractivity contribution in [3.8, 4) is 5.75 Å². The minimum atomic E-state index is -1.77. The lowest BCUT2D eigenvalue weighted by atomic mass is 9.77. The van der Waals surface area contributed by atoms with Gasteiger partial charge in [-0.2, -0.15) is 5.10 Å². The molecule has 0 atom stereocenters. The Morgan fingerprint density at radius 3 is 2.55 bits per heavy atom. The fourth-order valence-electron chi connectivity index (χ4n) is 3.44. The largest absolute Gasteiger partial charge is 0.492 e. The molecule has 2 aromatic carbocycles. The third-order valence-electron chi connectivity index (χ3n) is 4.87. The summed E-state index contributed by atoms with van der Waals surface area (Å²) in [6, 6.07) is 14.9. The number of carbonyl (C=O) groups excluding carboxylic acids is 1. The fourth-order valence-corrected chi connectivity index (χ4v) is 3.44. The van der Waals surface area contributed by atoms with Crippen LogP contribution in [0.15, 0.2) is 54.6 Å². The van der Waals surface area contributed by atoms with Crippen molar-refractivity contribution in [3.05, 3.63) is 77.4 Å². The topological polar surface area (TPSA) is 87.8 Å². The van der Waals surface area contributed by atoms with Gasteiger partial charge in [0.05, 0.1) is 24.3 Å². The van der Waals surface area contributed by atoms with Gasteiger partial charge >= 0.3 is 7.12 Å². The van der Waals surface area contributed by atoms with E-state index in [2.05, 4.69) is 5.10 Å². The Kier molecular flexibility index (Phi) is 5.33. The fraction of sp³-hybridized carbons (Fsp3) is 0.200. The number of fused-ring (bicyclic) bond motifs is 1. The van der Waals surface area contributed by atoms with Gasteiger partial charge in [-0.15, -0.1) is 0 Å². The number of hydrogen-bond acceptors (Lipinski definition) is 5. The van der Waals surface area contributed by atoms with Crippen LogP contribution in [0.25, 0.3) is 0 Å². The molecule has 0 unspecified atom stereocenters. The predicted octanol–water partition coefficient (Wildman–Crippen LogP) is 0.937. The van der Waals surface area contributed by atoms with E-state index in [0.29, 0.717) is 30.2 Å². The van der Waals surface area contributed by atoms with E-state index < -0.39 is 18.8 Å². The first-order chi connectivity index (χ1) is 14.0. The summed E-state index contributed by atoms with van der Waals surface area (Å²) in [4.78, 5) is 14.2. The zero-order chi connectivity index (χ0) is 20.4. The van der Waals surface area contributed by atoms with Gasteiger partial charge in [-0.05, 0) is 24.3 Å². The highest BCUT2D eigenvalue weighted by Crippen LogP contribution is 2.18. The standard InChI is InChI=1S/C20H19BFN3O4/c22-16-9-5-4-8-15(16)20(26)24-10-11-25-18(12-24)19(21(27)28)17(23-25)13-29-14-6-2-1-3-7-14/h1-9,27-28H,10-13H2. The number of amides is 1. The molecule has 1 aromatic heterocycles. The molecule has 0 fully saturated rings. The van der Waals surface area contributed by atoms with E-state index in [1.54, 1.807) is 22.9 Å². The first kappa shape index (κ1) is 19.2. The molecule has 0 spiro atoms. The van der Waals surface area contributed by atoms with Crippen LogP contribution in [0.3, 0.4) is 0 Å². The second-order valence-corrected chi connectivity index (χ2v) is 6.71. The summed E-state index contributed by atoms with van der Waals surface area (Å²) in [5.74, 6) is -0.403. The third kappa shape index (κ3) is 3.87. The van der Waals surface area contributed by atoms with Crippen molar-refractivity contribution in [2.45, 2.75) is 19.7 Å². The molecule has 7 nitrogen and oxygen atoms in total. The third-order valence-corrected chi connectivity index (χ3v) is 4.87. The van der Waals surface area contributed by atoms with Gasteiger partial charge in [0, 0.05) is 12.0 Å². The number of halogens is 1. The molecule has 29 heavy (non-hydrogen) atoms. The van der Waals surface area contributed by atoms with Gasteiger partial charge in [0.2, 0.25) is 0 Å². The van der Waals surface area contributed by atoms with Gasteiger partial charge in [-0.3, -0.25) is 9.48 Å². The SMILES string of the molecule is O=C(c1ccccc1F)N1CCn2nc(COc3ccccc3)c(B(O)O)c2C1. The molecule has 3 aromatic rings. The van der Waals surface area contributed by atoms with Gasteiger partial charge in [0.15, 0.2) is 0 Å². The Labute approximate surface area is 167 Å².